The van der Waals surface area contributed by atoms with Crippen molar-refractivity contribution in [3.05, 3.63) is 113 Å². The van der Waals surface area contributed by atoms with Crippen molar-refractivity contribution in [2.75, 3.05) is 6.61 Å². The monoisotopic (exact) mass is 494 g/mol. The van der Waals surface area contributed by atoms with Crippen LogP contribution >= 0.6 is 0 Å². The molecule has 5 rings (SSSR count). The maximum absolute atomic E-state index is 11.8. The van der Waals surface area contributed by atoms with Crippen LogP contribution in [0.15, 0.2) is 89.3 Å². The Morgan fingerprint density at radius 1 is 0.973 bits per heavy atom. The van der Waals surface area contributed by atoms with E-state index in [2.05, 4.69) is 15.2 Å². The van der Waals surface area contributed by atoms with Crippen LogP contribution in [0.1, 0.15) is 46.0 Å². The van der Waals surface area contributed by atoms with E-state index in [-0.39, 0.29) is 11.6 Å². The number of carboxylic acids is 1. The summed E-state index contributed by atoms with van der Waals surface area (Å²) in [6.45, 7) is 4.27. The highest BCUT2D eigenvalue weighted by atomic mass is 16.5. The number of aryl methyl sites for hydroxylation is 1. The van der Waals surface area contributed by atoms with E-state index in [1.165, 1.54) is 4.80 Å². The molecule has 3 aromatic carbocycles. The number of benzene rings is 3. The molecule has 2 heterocycles. The molecule has 0 saturated heterocycles. The minimum Gasteiger partial charge on any atom is -0.493 e. The fourth-order valence-corrected chi connectivity index (χ4v) is 4.08. The highest BCUT2D eigenvalue weighted by molar-refractivity contribution is 5.86. The number of rotatable bonds is 9. The number of aromatic nitrogens is 4. The molecule has 5 aromatic rings. The Labute approximate surface area is 214 Å². The quantitative estimate of drug-likeness (QED) is 0.280. The molecule has 1 N–H and O–H groups in total. The summed E-state index contributed by atoms with van der Waals surface area (Å²) in [5.41, 5.74) is 3.76. The largest absolute Gasteiger partial charge is 0.493 e. The minimum absolute atomic E-state index is 0.0606. The smallest absolute Gasteiger partial charge is 0.358 e. The van der Waals surface area contributed by atoms with Gasteiger partial charge in [0.1, 0.15) is 17.2 Å². The molecule has 0 aliphatic rings. The number of carbonyl (C=O) groups is 1. The van der Waals surface area contributed by atoms with Gasteiger partial charge in [0.2, 0.25) is 5.89 Å². The summed E-state index contributed by atoms with van der Waals surface area (Å²) in [4.78, 5) is 17.8. The molecule has 8 heteroatoms. The molecule has 1 atom stereocenters. The Bertz CT molecular complexity index is 1490. The van der Waals surface area contributed by atoms with Gasteiger partial charge in [0.05, 0.1) is 18.0 Å². The number of ether oxygens (including phenoxy) is 1. The van der Waals surface area contributed by atoms with Crippen molar-refractivity contribution in [1.29, 1.82) is 0 Å². The molecule has 0 spiro atoms. The summed E-state index contributed by atoms with van der Waals surface area (Å²) in [5.74, 6) is 0.724. The molecule has 8 nitrogen and oxygen atoms in total. The Balaban J connectivity index is 1.25. The van der Waals surface area contributed by atoms with Gasteiger partial charge in [0.15, 0.2) is 5.69 Å². The van der Waals surface area contributed by atoms with E-state index in [0.29, 0.717) is 36.0 Å². The Hall–Kier alpha value is -4.72. The molecular formula is C29H26N4O4. The number of aromatic carboxylic acids is 1. The van der Waals surface area contributed by atoms with Crippen LogP contribution in [0, 0.1) is 6.92 Å². The van der Waals surface area contributed by atoms with Crippen molar-refractivity contribution in [3.63, 3.8) is 0 Å². The maximum atomic E-state index is 11.8. The third-order valence-corrected chi connectivity index (χ3v) is 6.14. The molecule has 0 bridgehead atoms. The molecule has 1 unspecified atom stereocenters. The molecule has 186 valence electrons. The summed E-state index contributed by atoms with van der Waals surface area (Å²) in [6.07, 6.45) is 0.616. The van der Waals surface area contributed by atoms with Crippen molar-refractivity contribution in [2.24, 2.45) is 0 Å². The first kappa shape index (κ1) is 24.0. The van der Waals surface area contributed by atoms with E-state index in [0.717, 1.165) is 22.6 Å². The van der Waals surface area contributed by atoms with Crippen LogP contribution in [0.5, 0.6) is 5.75 Å². The molecule has 37 heavy (non-hydrogen) atoms. The molecule has 0 aliphatic heterocycles. The molecule has 0 amide bonds. The zero-order valence-electron chi connectivity index (χ0n) is 20.5. The van der Waals surface area contributed by atoms with Crippen LogP contribution in [-0.2, 0) is 6.42 Å². The Kier molecular flexibility index (Phi) is 6.81. The van der Waals surface area contributed by atoms with E-state index in [1.807, 2.05) is 98.8 Å². The minimum atomic E-state index is -1.11. The van der Waals surface area contributed by atoms with E-state index in [9.17, 15) is 9.90 Å². The van der Waals surface area contributed by atoms with Gasteiger partial charge in [-0.25, -0.2) is 9.78 Å². The number of para-hydroxylation sites is 1. The second-order valence-electron chi connectivity index (χ2n) is 8.64. The first-order valence-electron chi connectivity index (χ1n) is 12.0. The summed E-state index contributed by atoms with van der Waals surface area (Å²) in [7, 11) is 0. The number of hydrogen-bond acceptors (Lipinski definition) is 6. The van der Waals surface area contributed by atoms with Gasteiger partial charge in [0.25, 0.3) is 0 Å². The van der Waals surface area contributed by atoms with Crippen LogP contribution in [0.2, 0.25) is 0 Å². The van der Waals surface area contributed by atoms with Crippen LogP contribution in [0.25, 0.3) is 17.1 Å². The Morgan fingerprint density at radius 3 is 2.32 bits per heavy atom. The van der Waals surface area contributed by atoms with E-state index in [4.69, 9.17) is 9.15 Å². The third kappa shape index (κ3) is 5.28. The van der Waals surface area contributed by atoms with Gasteiger partial charge >= 0.3 is 5.97 Å². The van der Waals surface area contributed by atoms with E-state index < -0.39 is 5.97 Å². The lowest BCUT2D eigenvalue weighted by molar-refractivity contribution is 0.0688. The van der Waals surface area contributed by atoms with Crippen LogP contribution in [-0.4, -0.2) is 37.7 Å². The first-order chi connectivity index (χ1) is 18.0. The molecular weight excluding hydrogens is 468 g/mol. The highest BCUT2D eigenvalue weighted by Gasteiger charge is 2.24. The number of hydrogen-bond donors (Lipinski definition) is 1. The van der Waals surface area contributed by atoms with Crippen LogP contribution in [0.4, 0.5) is 0 Å². The zero-order valence-corrected chi connectivity index (χ0v) is 20.5. The summed E-state index contributed by atoms with van der Waals surface area (Å²) in [5, 5.41) is 18.4. The predicted molar refractivity (Wildman–Crippen MR) is 138 cm³/mol. The van der Waals surface area contributed by atoms with Crippen LogP contribution in [0.3, 0.4) is 0 Å². The average molecular weight is 495 g/mol. The van der Waals surface area contributed by atoms with Gasteiger partial charge in [-0.2, -0.15) is 9.90 Å². The Morgan fingerprint density at radius 2 is 1.65 bits per heavy atom. The molecule has 0 saturated carbocycles. The fourth-order valence-electron chi connectivity index (χ4n) is 4.08. The van der Waals surface area contributed by atoms with Gasteiger partial charge in [0, 0.05) is 17.9 Å². The third-order valence-electron chi connectivity index (χ3n) is 6.14. The molecule has 0 radical (unpaired) electrons. The topological polar surface area (TPSA) is 103 Å². The van der Waals surface area contributed by atoms with Gasteiger partial charge < -0.3 is 14.3 Å². The SMILES string of the molecule is Cc1oc(-c2ccccc2)nc1CCOc1ccc(C(C)c2nn(-c3ccccc3)nc2C(=O)O)cc1. The van der Waals surface area contributed by atoms with E-state index >= 15 is 0 Å². The molecule has 0 aliphatic carbocycles. The van der Waals surface area contributed by atoms with Crippen molar-refractivity contribution < 1.29 is 19.1 Å². The second kappa shape index (κ2) is 10.5. The fraction of sp³-hybridized carbons (Fsp3) is 0.172. The normalized spacial score (nSPS) is 11.8. The standard InChI is InChI=1S/C29H26N4O4/c1-19(26-27(29(34)35)32-33(31-26)23-11-7-4-8-12-23)21-13-15-24(16-14-21)36-18-17-25-20(2)37-28(30-25)22-9-5-3-6-10-22/h3-16,19H,17-18H2,1-2H3,(H,34,35). The number of carboxylic acid groups (broad SMARTS) is 1. The summed E-state index contributed by atoms with van der Waals surface area (Å²) in [6, 6.07) is 26.6. The first-order valence-corrected chi connectivity index (χ1v) is 12.0. The predicted octanol–water partition coefficient (Wildman–Crippen LogP) is 5.70. The van der Waals surface area contributed by atoms with Gasteiger partial charge in [-0.3, -0.25) is 0 Å². The number of nitrogens with zero attached hydrogens (tertiary/aromatic N) is 4. The second-order valence-corrected chi connectivity index (χ2v) is 8.64. The van der Waals surface area contributed by atoms with Crippen molar-refractivity contribution in [3.8, 4) is 22.9 Å². The van der Waals surface area contributed by atoms with Crippen molar-refractivity contribution in [1.82, 2.24) is 20.0 Å². The van der Waals surface area contributed by atoms with E-state index in [1.54, 1.807) is 0 Å². The summed E-state index contributed by atoms with van der Waals surface area (Å²) >= 11 is 0. The lowest BCUT2D eigenvalue weighted by atomic mass is 9.96. The van der Waals surface area contributed by atoms with Crippen LogP contribution < -0.4 is 4.74 Å². The highest BCUT2D eigenvalue weighted by Crippen LogP contribution is 2.27. The van der Waals surface area contributed by atoms with Crippen molar-refractivity contribution >= 4 is 5.97 Å². The van der Waals surface area contributed by atoms with Gasteiger partial charge in [-0.15, -0.1) is 5.10 Å². The van der Waals surface area contributed by atoms with Gasteiger partial charge in [-0.1, -0.05) is 55.5 Å². The number of oxazole rings is 1. The average Bonchev–Trinajstić information content (AvgIpc) is 3.54. The summed E-state index contributed by atoms with van der Waals surface area (Å²) < 4.78 is 11.8. The van der Waals surface area contributed by atoms with Gasteiger partial charge in [-0.05, 0) is 48.9 Å². The zero-order chi connectivity index (χ0) is 25.8. The lowest BCUT2D eigenvalue weighted by Crippen LogP contribution is -2.06. The maximum Gasteiger partial charge on any atom is 0.358 e. The lowest BCUT2D eigenvalue weighted by Gasteiger charge is -2.11. The molecule has 2 aromatic heterocycles. The molecule has 0 fully saturated rings. The van der Waals surface area contributed by atoms with Crippen molar-refractivity contribution in [2.45, 2.75) is 26.2 Å².